The van der Waals surface area contributed by atoms with Crippen LogP contribution < -0.4 is 5.32 Å². The summed E-state index contributed by atoms with van der Waals surface area (Å²) in [7, 11) is 0. The van der Waals surface area contributed by atoms with E-state index in [2.05, 4.69) is 15.5 Å². The first-order valence-corrected chi connectivity index (χ1v) is 4.95. The first kappa shape index (κ1) is 9.14. The van der Waals surface area contributed by atoms with E-state index in [1.165, 1.54) is 6.39 Å². The third-order valence-corrected chi connectivity index (χ3v) is 2.63. The lowest BCUT2D eigenvalue weighted by Crippen LogP contribution is -2.14. The van der Waals surface area contributed by atoms with Crippen LogP contribution in [0.2, 0.25) is 0 Å². The molecule has 2 aromatic heterocycles. The number of nitrogens with zero attached hydrogens (tertiary/aromatic N) is 2. The van der Waals surface area contributed by atoms with Crippen LogP contribution in [0.5, 0.6) is 0 Å². The molecular formula is C10H9N3O3. The monoisotopic (exact) mass is 219 g/mol. The van der Waals surface area contributed by atoms with Gasteiger partial charge in [0.15, 0.2) is 0 Å². The lowest BCUT2D eigenvalue weighted by atomic mass is 10.2. The average molecular weight is 219 g/mol. The van der Waals surface area contributed by atoms with Gasteiger partial charge in [-0.3, -0.25) is 10.1 Å². The van der Waals surface area contributed by atoms with Gasteiger partial charge in [-0.25, -0.2) is 0 Å². The molecule has 1 aliphatic rings. The van der Waals surface area contributed by atoms with Crippen LogP contribution in [0, 0.1) is 5.92 Å². The molecule has 1 saturated carbocycles. The summed E-state index contributed by atoms with van der Waals surface area (Å²) in [6.45, 7) is 0. The molecule has 2 atom stereocenters. The Labute approximate surface area is 90.7 Å². The molecule has 2 heterocycles. The number of furan rings is 1. The Bertz CT molecular complexity index is 477. The van der Waals surface area contributed by atoms with Crippen molar-refractivity contribution in [1.29, 1.82) is 0 Å². The molecule has 0 unspecified atom stereocenters. The Hall–Kier alpha value is -2.11. The van der Waals surface area contributed by atoms with Gasteiger partial charge < -0.3 is 8.83 Å². The minimum absolute atomic E-state index is 0.0574. The maximum absolute atomic E-state index is 11.7. The standard InChI is InChI=1S/C10H9N3O3/c14-9(12-10-13-11-5-16-10)7-4-6(7)8-2-1-3-15-8/h1-3,5-7H,4H2,(H,12,13,14)/t6-,7-/m1/s1. The zero-order valence-corrected chi connectivity index (χ0v) is 8.29. The highest BCUT2D eigenvalue weighted by Gasteiger charge is 2.46. The second-order valence-electron chi connectivity index (χ2n) is 3.70. The van der Waals surface area contributed by atoms with Gasteiger partial charge in [-0.1, -0.05) is 5.10 Å². The molecule has 6 nitrogen and oxygen atoms in total. The van der Waals surface area contributed by atoms with Crippen molar-refractivity contribution in [3.05, 3.63) is 30.5 Å². The molecule has 0 radical (unpaired) electrons. The SMILES string of the molecule is O=C(Nc1nnco1)[C@@H]1C[C@H]1c1ccco1. The van der Waals surface area contributed by atoms with E-state index in [4.69, 9.17) is 8.83 Å². The summed E-state index contributed by atoms with van der Waals surface area (Å²) in [5.74, 6) is 0.868. The predicted molar refractivity (Wildman–Crippen MR) is 52.5 cm³/mol. The fourth-order valence-corrected chi connectivity index (χ4v) is 1.73. The maximum Gasteiger partial charge on any atom is 0.322 e. The first-order valence-electron chi connectivity index (χ1n) is 4.95. The topological polar surface area (TPSA) is 81.2 Å². The van der Waals surface area contributed by atoms with E-state index in [1.54, 1.807) is 6.26 Å². The molecular weight excluding hydrogens is 210 g/mol. The Kier molecular flexibility index (Phi) is 1.99. The summed E-state index contributed by atoms with van der Waals surface area (Å²) in [6.07, 6.45) is 3.58. The van der Waals surface area contributed by atoms with Crippen molar-refractivity contribution in [3.63, 3.8) is 0 Å². The van der Waals surface area contributed by atoms with Crippen LogP contribution in [0.1, 0.15) is 18.1 Å². The van der Waals surface area contributed by atoms with Crippen molar-refractivity contribution in [2.45, 2.75) is 12.3 Å². The lowest BCUT2D eigenvalue weighted by Gasteiger charge is -1.97. The zero-order valence-electron chi connectivity index (χ0n) is 8.29. The van der Waals surface area contributed by atoms with Crippen LogP contribution in [0.25, 0.3) is 0 Å². The van der Waals surface area contributed by atoms with Crippen LogP contribution in [0.15, 0.2) is 33.6 Å². The van der Waals surface area contributed by atoms with E-state index >= 15 is 0 Å². The van der Waals surface area contributed by atoms with Crippen molar-refractivity contribution < 1.29 is 13.6 Å². The highest BCUT2D eigenvalue weighted by Crippen LogP contribution is 2.48. The summed E-state index contributed by atoms with van der Waals surface area (Å²) in [6, 6.07) is 3.83. The van der Waals surface area contributed by atoms with Gasteiger partial charge in [0.25, 0.3) is 0 Å². The van der Waals surface area contributed by atoms with E-state index in [1.807, 2.05) is 12.1 Å². The van der Waals surface area contributed by atoms with E-state index < -0.39 is 0 Å². The fraction of sp³-hybridized carbons (Fsp3) is 0.300. The molecule has 1 fully saturated rings. The number of carbonyl (C=O) groups is 1. The third-order valence-electron chi connectivity index (χ3n) is 2.63. The van der Waals surface area contributed by atoms with E-state index in [0.29, 0.717) is 0 Å². The number of amides is 1. The second kappa shape index (κ2) is 3.48. The lowest BCUT2D eigenvalue weighted by molar-refractivity contribution is -0.117. The van der Waals surface area contributed by atoms with Gasteiger partial charge in [0.05, 0.1) is 6.26 Å². The number of carbonyl (C=O) groups excluding carboxylic acids is 1. The van der Waals surface area contributed by atoms with Gasteiger partial charge in [-0.2, -0.15) is 0 Å². The Morgan fingerprint density at radius 1 is 1.50 bits per heavy atom. The molecule has 2 aromatic rings. The molecule has 16 heavy (non-hydrogen) atoms. The van der Waals surface area contributed by atoms with Gasteiger partial charge in [-0.15, -0.1) is 5.10 Å². The van der Waals surface area contributed by atoms with Crippen molar-refractivity contribution in [2.75, 3.05) is 5.32 Å². The zero-order chi connectivity index (χ0) is 11.0. The van der Waals surface area contributed by atoms with E-state index in [-0.39, 0.29) is 23.8 Å². The smallest absolute Gasteiger partial charge is 0.322 e. The normalized spacial score (nSPS) is 23.0. The molecule has 1 amide bonds. The van der Waals surface area contributed by atoms with Crippen LogP contribution in [0.3, 0.4) is 0 Å². The van der Waals surface area contributed by atoms with Crippen LogP contribution in [-0.4, -0.2) is 16.1 Å². The largest absolute Gasteiger partial charge is 0.469 e. The first-order chi connectivity index (χ1) is 7.84. The summed E-state index contributed by atoms with van der Waals surface area (Å²) < 4.78 is 10.1. The van der Waals surface area contributed by atoms with E-state index in [9.17, 15) is 4.79 Å². The molecule has 0 saturated heterocycles. The number of aromatic nitrogens is 2. The molecule has 1 aliphatic carbocycles. The minimum atomic E-state index is -0.106. The van der Waals surface area contributed by atoms with Gasteiger partial charge >= 0.3 is 6.01 Å². The Morgan fingerprint density at radius 3 is 3.12 bits per heavy atom. The molecule has 0 spiro atoms. The maximum atomic E-state index is 11.7. The minimum Gasteiger partial charge on any atom is -0.469 e. The summed E-state index contributed by atoms with van der Waals surface area (Å²) in [5.41, 5.74) is 0. The second-order valence-corrected chi connectivity index (χ2v) is 3.70. The van der Waals surface area contributed by atoms with Gasteiger partial charge in [0.1, 0.15) is 5.76 Å². The average Bonchev–Trinajstić information content (AvgIpc) is 2.71. The molecule has 1 N–H and O–H groups in total. The van der Waals surface area contributed by atoms with Gasteiger partial charge in [0.2, 0.25) is 12.3 Å². The molecule has 0 bridgehead atoms. The van der Waals surface area contributed by atoms with Crippen LogP contribution >= 0.6 is 0 Å². The number of anilines is 1. The Morgan fingerprint density at radius 2 is 2.44 bits per heavy atom. The summed E-state index contributed by atoms with van der Waals surface area (Å²) >= 11 is 0. The molecule has 3 rings (SSSR count). The predicted octanol–water partition coefficient (Wildman–Crippen LogP) is 1.40. The van der Waals surface area contributed by atoms with Crippen molar-refractivity contribution >= 4 is 11.9 Å². The third kappa shape index (κ3) is 1.58. The van der Waals surface area contributed by atoms with Gasteiger partial charge in [0, 0.05) is 11.8 Å². The molecule has 0 aromatic carbocycles. The van der Waals surface area contributed by atoms with Crippen LogP contribution in [-0.2, 0) is 4.79 Å². The van der Waals surface area contributed by atoms with Crippen molar-refractivity contribution in [2.24, 2.45) is 5.92 Å². The summed E-state index contributed by atoms with van der Waals surface area (Å²) in [4.78, 5) is 11.7. The highest BCUT2D eigenvalue weighted by molar-refractivity contribution is 5.93. The fourth-order valence-electron chi connectivity index (χ4n) is 1.73. The Balaban J connectivity index is 1.62. The number of rotatable bonds is 3. The number of nitrogens with one attached hydrogen (secondary N) is 1. The summed E-state index contributed by atoms with van der Waals surface area (Å²) in [5, 5.41) is 9.61. The van der Waals surface area contributed by atoms with Crippen molar-refractivity contribution in [3.8, 4) is 0 Å². The van der Waals surface area contributed by atoms with E-state index in [0.717, 1.165) is 12.2 Å². The highest BCUT2D eigenvalue weighted by atomic mass is 16.4. The molecule has 82 valence electrons. The number of hydrogen-bond donors (Lipinski definition) is 1. The quantitative estimate of drug-likeness (QED) is 0.843. The molecule has 0 aliphatic heterocycles. The van der Waals surface area contributed by atoms with Crippen molar-refractivity contribution in [1.82, 2.24) is 10.2 Å². The molecule has 6 heteroatoms. The number of hydrogen-bond acceptors (Lipinski definition) is 5. The van der Waals surface area contributed by atoms with Gasteiger partial charge in [-0.05, 0) is 18.6 Å². The van der Waals surface area contributed by atoms with Crippen LogP contribution in [0.4, 0.5) is 6.01 Å².